The van der Waals surface area contributed by atoms with Gasteiger partial charge in [0.2, 0.25) is 0 Å². The Morgan fingerprint density at radius 3 is 2.82 bits per heavy atom. The van der Waals surface area contributed by atoms with Crippen molar-refractivity contribution >= 4 is 44.8 Å². The van der Waals surface area contributed by atoms with E-state index in [9.17, 15) is 8.42 Å². The lowest BCUT2D eigenvalue weighted by atomic mass is 10.4. The zero-order chi connectivity index (χ0) is 15.7. The van der Waals surface area contributed by atoms with Crippen LogP contribution in [0.15, 0.2) is 40.6 Å². The molecule has 0 N–H and O–H groups in total. The van der Waals surface area contributed by atoms with E-state index in [2.05, 4.69) is 9.55 Å². The van der Waals surface area contributed by atoms with E-state index in [0.29, 0.717) is 16.8 Å². The molecule has 3 rings (SSSR count). The molecular formula is C14H14Cl2N2O2S2. The van der Waals surface area contributed by atoms with Gasteiger partial charge in [-0.15, -0.1) is 0 Å². The number of imidazole rings is 1. The number of thioether (sulfide) groups is 1. The molecule has 0 amide bonds. The third-order valence-electron chi connectivity index (χ3n) is 3.38. The first-order valence-electron chi connectivity index (χ1n) is 6.81. The smallest absolute Gasteiger partial charge is 0.180 e. The summed E-state index contributed by atoms with van der Waals surface area (Å²) in [7, 11) is -3.46. The Morgan fingerprint density at radius 2 is 2.09 bits per heavy atom. The molecule has 0 spiro atoms. The molecule has 0 saturated heterocycles. The number of hydrogen-bond acceptors (Lipinski definition) is 4. The summed E-state index contributed by atoms with van der Waals surface area (Å²) in [5, 5.41) is 1.43. The fourth-order valence-electron chi connectivity index (χ4n) is 2.11. The molecule has 1 fully saturated rings. The standard InChI is InChI=1S/C14H14Cl2N2O2S2/c15-10-1-4-12(16)13(9-10)22(19,20)8-7-21-14-17-5-6-18(14)11-2-3-11/h1,4-6,9,11H,2-3,7-8H2. The average molecular weight is 377 g/mol. The van der Waals surface area contributed by atoms with E-state index >= 15 is 0 Å². The molecule has 4 nitrogen and oxygen atoms in total. The van der Waals surface area contributed by atoms with Gasteiger partial charge in [-0.3, -0.25) is 0 Å². The Hall–Kier alpha value is -0.690. The maximum Gasteiger partial charge on any atom is 0.180 e. The first-order chi connectivity index (χ1) is 10.5. The minimum Gasteiger partial charge on any atom is -0.323 e. The summed E-state index contributed by atoms with van der Waals surface area (Å²) in [4.78, 5) is 4.38. The molecule has 1 heterocycles. The Bertz CT molecular complexity index is 786. The van der Waals surface area contributed by atoms with Crippen molar-refractivity contribution in [2.75, 3.05) is 11.5 Å². The molecule has 1 aromatic carbocycles. The SMILES string of the molecule is O=S(=O)(CCSc1nccn1C1CC1)c1cc(Cl)ccc1Cl. The third kappa shape index (κ3) is 3.62. The van der Waals surface area contributed by atoms with Crippen molar-refractivity contribution in [3.63, 3.8) is 0 Å². The second-order valence-electron chi connectivity index (χ2n) is 5.09. The van der Waals surface area contributed by atoms with Gasteiger partial charge in [-0.2, -0.15) is 0 Å². The lowest BCUT2D eigenvalue weighted by Gasteiger charge is -2.08. The van der Waals surface area contributed by atoms with Crippen LogP contribution in [-0.2, 0) is 9.84 Å². The molecule has 0 atom stereocenters. The second kappa shape index (κ2) is 6.43. The number of sulfone groups is 1. The normalized spacial score (nSPS) is 15.2. The second-order valence-corrected chi connectivity index (χ2v) is 9.07. The van der Waals surface area contributed by atoms with Gasteiger partial charge >= 0.3 is 0 Å². The van der Waals surface area contributed by atoms with E-state index in [1.807, 2.05) is 6.20 Å². The van der Waals surface area contributed by atoms with Gasteiger partial charge in [-0.05, 0) is 31.0 Å². The van der Waals surface area contributed by atoms with Crippen LogP contribution in [0.1, 0.15) is 18.9 Å². The predicted octanol–water partition coefficient (Wildman–Crippen LogP) is 4.09. The van der Waals surface area contributed by atoms with Crippen LogP contribution in [0.5, 0.6) is 0 Å². The van der Waals surface area contributed by atoms with Crippen LogP contribution in [0, 0.1) is 0 Å². The monoisotopic (exact) mass is 376 g/mol. The maximum atomic E-state index is 12.4. The van der Waals surface area contributed by atoms with E-state index in [-0.39, 0.29) is 15.7 Å². The van der Waals surface area contributed by atoms with E-state index in [1.165, 1.54) is 36.7 Å². The molecule has 1 saturated carbocycles. The molecule has 1 aliphatic carbocycles. The van der Waals surface area contributed by atoms with E-state index < -0.39 is 9.84 Å². The van der Waals surface area contributed by atoms with Gasteiger partial charge in [0.05, 0.1) is 15.7 Å². The predicted molar refractivity (Wildman–Crippen MR) is 89.7 cm³/mol. The fraction of sp³-hybridized carbons (Fsp3) is 0.357. The minimum atomic E-state index is -3.46. The molecule has 0 bridgehead atoms. The van der Waals surface area contributed by atoms with Crippen LogP contribution >= 0.6 is 35.0 Å². The number of aromatic nitrogens is 2. The molecule has 8 heteroatoms. The molecule has 118 valence electrons. The number of rotatable bonds is 6. The zero-order valence-corrected chi connectivity index (χ0v) is 14.7. The quantitative estimate of drug-likeness (QED) is 0.712. The molecule has 1 aliphatic rings. The highest BCUT2D eigenvalue weighted by Gasteiger charge is 2.26. The molecule has 0 unspecified atom stereocenters. The average Bonchev–Trinajstić information content (AvgIpc) is 3.21. The number of benzene rings is 1. The van der Waals surface area contributed by atoms with Gasteiger partial charge < -0.3 is 4.57 Å². The molecule has 22 heavy (non-hydrogen) atoms. The summed E-state index contributed by atoms with van der Waals surface area (Å²) in [5.41, 5.74) is 0. The molecular weight excluding hydrogens is 363 g/mol. The van der Waals surface area contributed by atoms with Gasteiger partial charge in [-0.1, -0.05) is 35.0 Å². The van der Waals surface area contributed by atoms with Crippen LogP contribution in [0.4, 0.5) is 0 Å². The summed E-state index contributed by atoms with van der Waals surface area (Å²) in [5.74, 6) is 0.421. The van der Waals surface area contributed by atoms with Crippen molar-refractivity contribution in [2.24, 2.45) is 0 Å². The Morgan fingerprint density at radius 1 is 1.32 bits per heavy atom. The van der Waals surface area contributed by atoms with Gasteiger partial charge in [0.25, 0.3) is 0 Å². The lowest BCUT2D eigenvalue weighted by Crippen LogP contribution is -2.10. The van der Waals surface area contributed by atoms with Gasteiger partial charge in [0, 0.05) is 29.2 Å². The van der Waals surface area contributed by atoms with Crippen molar-refractivity contribution in [1.82, 2.24) is 9.55 Å². The largest absolute Gasteiger partial charge is 0.323 e. The van der Waals surface area contributed by atoms with Crippen LogP contribution in [0.3, 0.4) is 0 Å². The Kier molecular flexibility index (Phi) is 4.73. The maximum absolute atomic E-state index is 12.4. The first kappa shape index (κ1) is 16.2. The van der Waals surface area contributed by atoms with Crippen LogP contribution in [0.2, 0.25) is 10.0 Å². The highest BCUT2D eigenvalue weighted by atomic mass is 35.5. The van der Waals surface area contributed by atoms with Gasteiger partial charge in [0.1, 0.15) is 0 Å². The summed E-state index contributed by atoms with van der Waals surface area (Å²) in [6.07, 6.45) is 6.03. The zero-order valence-electron chi connectivity index (χ0n) is 11.6. The molecule has 0 aliphatic heterocycles. The van der Waals surface area contributed by atoms with Crippen molar-refractivity contribution in [1.29, 1.82) is 0 Å². The van der Waals surface area contributed by atoms with E-state index in [0.717, 1.165) is 5.16 Å². The Balaban J connectivity index is 1.67. The summed E-state index contributed by atoms with van der Waals surface area (Å²) in [6, 6.07) is 5.01. The third-order valence-corrected chi connectivity index (χ3v) is 7.05. The summed E-state index contributed by atoms with van der Waals surface area (Å²) < 4.78 is 26.9. The van der Waals surface area contributed by atoms with Crippen LogP contribution in [-0.4, -0.2) is 29.5 Å². The molecule has 1 aromatic heterocycles. The number of halogens is 2. The minimum absolute atomic E-state index is 0.00471. The number of nitrogens with zero attached hydrogens (tertiary/aromatic N) is 2. The molecule has 0 radical (unpaired) electrons. The van der Waals surface area contributed by atoms with Gasteiger partial charge in [0.15, 0.2) is 15.0 Å². The molecule has 2 aromatic rings. The summed E-state index contributed by atoms with van der Waals surface area (Å²) in [6.45, 7) is 0. The highest BCUT2D eigenvalue weighted by molar-refractivity contribution is 8.00. The van der Waals surface area contributed by atoms with Crippen molar-refractivity contribution in [3.05, 3.63) is 40.6 Å². The summed E-state index contributed by atoms with van der Waals surface area (Å²) >= 11 is 13.3. The van der Waals surface area contributed by atoms with Crippen LogP contribution < -0.4 is 0 Å². The first-order valence-corrected chi connectivity index (χ1v) is 10.2. The number of hydrogen-bond donors (Lipinski definition) is 0. The van der Waals surface area contributed by atoms with E-state index in [4.69, 9.17) is 23.2 Å². The highest BCUT2D eigenvalue weighted by Crippen LogP contribution is 2.37. The van der Waals surface area contributed by atoms with Crippen LogP contribution in [0.25, 0.3) is 0 Å². The Labute approximate surface area is 143 Å². The van der Waals surface area contributed by atoms with Crippen molar-refractivity contribution in [3.8, 4) is 0 Å². The fourth-order valence-corrected chi connectivity index (χ4v) is 5.60. The van der Waals surface area contributed by atoms with Crippen molar-refractivity contribution in [2.45, 2.75) is 28.9 Å². The lowest BCUT2D eigenvalue weighted by molar-refractivity contribution is 0.597. The topological polar surface area (TPSA) is 52.0 Å². The van der Waals surface area contributed by atoms with E-state index in [1.54, 1.807) is 12.3 Å². The van der Waals surface area contributed by atoms with Gasteiger partial charge in [-0.25, -0.2) is 13.4 Å². The van der Waals surface area contributed by atoms with Crippen molar-refractivity contribution < 1.29 is 8.42 Å².